The van der Waals surface area contributed by atoms with Gasteiger partial charge in [-0.3, -0.25) is 9.69 Å². The Morgan fingerprint density at radius 2 is 2.43 bits per heavy atom. The number of ether oxygens (including phenoxy) is 1. The highest BCUT2D eigenvalue weighted by atomic mass is 35.5. The Kier molecular flexibility index (Phi) is 4.38. The number of carboxylic acid groups (broad SMARTS) is 1. The molecule has 0 aliphatic carbocycles. The number of morpholine rings is 1. The van der Waals surface area contributed by atoms with Gasteiger partial charge in [-0.15, -0.1) is 0 Å². The molecule has 5 heteroatoms. The van der Waals surface area contributed by atoms with E-state index in [0.29, 0.717) is 31.3 Å². The first-order chi connectivity index (χ1) is 6.59. The van der Waals surface area contributed by atoms with Gasteiger partial charge in [-0.2, -0.15) is 0 Å². The molecule has 0 bridgehead atoms. The van der Waals surface area contributed by atoms with Gasteiger partial charge in [0.25, 0.3) is 0 Å². The van der Waals surface area contributed by atoms with Crippen LogP contribution in [0.3, 0.4) is 0 Å². The second kappa shape index (κ2) is 5.34. The zero-order chi connectivity index (χ0) is 10.6. The number of hydrogen-bond donors (Lipinski definition) is 1. The van der Waals surface area contributed by atoms with Crippen LogP contribution in [0.1, 0.15) is 6.42 Å². The molecule has 0 aromatic carbocycles. The van der Waals surface area contributed by atoms with Crippen LogP contribution in [0, 0.1) is 0 Å². The molecular formula is C9H14ClNO3. The molecule has 0 spiro atoms. The highest BCUT2D eigenvalue weighted by molar-refractivity contribution is 6.29. The summed E-state index contributed by atoms with van der Waals surface area (Å²) in [5, 5.41) is 9.21. The zero-order valence-corrected chi connectivity index (χ0v) is 8.66. The third kappa shape index (κ3) is 3.65. The molecule has 1 rings (SSSR count). The second-order valence-corrected chi connectivity index (χ2v) is 3.85. The molecule has 1 saturated heterocycles. The third-order valence-corrected chi connectivity index (χ3v) is 2.25. The lowest BCUT2D eigenvalue weighted by molar-refractivity contribution is -0.140. The Bertz CT molecular complexity index is 208. The van der Waals surface area contributed by atoms with Gasteiger partial charge in [0.2, 0.25) is 0 Å². The van der Waals surface area contributed by atoms with E-state index >= 15 is 0 Å². The Morgan fingerprint density at radius 1 is 1.71 bits per heavy atom. The van der Waals surface area contributed by atoms with Crippen molar-refractivity contribution in [3.63, 3.8) is 0 Å². The van der Waals surface area contributed by atoms with Crippen molar-refractivity contribution in [1.29, 1.82) is 0 Å². The maximum Gasteiger partial charge on any atom is 0.305 e. The van der Waals surface area contributed by atoms with E-state index in [1.54, 1.807) is 0 Å². The molecule has 1 aliphatic rings. The van der Waals surface area contributed by atoms with Crippen LogP contribution in [0.5, 0.6) is 0 Å². The second-order valence-electron chi connectivity index (χ2n) is 3.31. The smallest absolute Gasteiger partial charge is 0.305 e. The number of nitrogens with zero attached hydrogens (tertiary/aromatic N) is 1. The molecule has 0 aromatic heterocycles. The van der Waals surface area contributed by atoms with E-state index in [1.165, 1.54) is 0 Å². The Morgan fingerprint density at radius 3 is 3.00 bits per heavy atom. The largest absolute Gasteiger partial charge is 0.481 e. The van der Waals surface area contributed by atoms with Crippen molar-refractivity contribution in [3.05, 3.63) is 11.6 Å². The van der Waals surface area contributed by atoms with Gasteiger partial charge in [-0.05, 0) is 0 Å². The molecule has 0 amide bonds. The van der Waals surface area contributed by atoms with Crippen molar-refractivity contribution in [1.82, 2.24) is 4.90 Å². The predicted octanol–water partition coefficient (Wildman–Crippen LogP) is 0.914. The number of carboxylic acids is 1. The first kappa shape index (κ1) is 11.5. The molecule has 4 nitrogen and oxygen atoms in total. The van der Waals surface area contributed by atoms with Crippen molar-refractivity contribution in [2.45, 2.75) is 12.5 Å². The van der Waals surface area contributed by atoms with Gasteiger partial charge < -0.3 is 9.84 Å². The number of hydrogen-bond acceptors (Lipinski definition) is 3. The Labute approximate surface area is 88.1 Å². The van der Waals surface area contributed by atoms with Gasteiger partial charge in [-0.25, -0.2) is 0 Å². The molecule has 0 aromatic rings. The van der Waals surface area contributed by atoms with Crippen molar-refractivity contribution in [3.8, 4) is 0 Å². The van der Waals surface area contributed by atoms with Crippen LogP contribution in [-0.4, -0.2) is 48.3 Å². The number of halogens is 1. The lowest BCUT2D eigenvalue weighted by Crippen LogP contribution is -2.46. The summed E-state index contributed by atoms with van der Waals surface area (Å²) >= 11 is 5.69. The van der Waals surface area contributed by atoms with E-state index < -0.39 is 5.97 Å². The van der Waals surface area contributed by atoms with Crippen LogP contribution in [0.4, 0.5) is 0 Å². The minimum Gasteiger partial charge on any atom is -0.481 e. The average Bonchev–Trinajstić information content (AvgIpc) is 2.06. The van der Waals surface area contributed by atoms with Crippen LogP contribution >= 0.6 is 11.6 Å². The molecule has 1 fully saturated rings. The molecule has 1 atom stereocenters. The van der Waals surface area contributed by atoms with Crippen molar-refractivity contribution < 1.29 is 14.6 Å². The fraction of sp³-hybridized carbons (Fsp3) is 0.667. The minimum absolute atomic E-state index is 0.0863. The van der Waals surface area contributed by atoms with Crippen molar-refractivity contribution >= 4 is 17.6 Å². The van der Waals surface area contributed by atoms with Gasteiger partial charge in [-0.1, -0.05) is 18.2 Å². The van der Waals surface area contributed by atoms with Crippen LogP contribution in [-0.2, 0) is 9.53 Å². The summed E-state index contributed by atoms with van der Waals surface area (Å²) in [4.78, 5) is 12.6. The predicted molar refractivity (Wildman–Crippen MR) is 53.4 cm³/mol. The molecule has 1 unspecified atom stereocenters. The monoisotopic (exact) mass is 219 g/mol. The van der Waals surface area contributed by atoms with Crippen molar-refractivity contribution in [2.24, 2.45) is 0 Å². The molecule has 0 radical (unpaired) electrons. The normalized spacial score (nSPS) is 23.4. The summed E-state index contributed by atoms with van der Waals surface area (Å²) in [6.07, 6.45) is 0.0875. The molecule has 80 valence electrons. The molecule has 1 aliphatic heterocycles. The lowest BCUT2D eigenvalue weighted by atomic mass is 10.1. The van der Waals surface area contributed by atoms with E-state index in [9.17, 15) is 4.79 Å². The van der Waals surface area contributed by atoms with Gasteiger partial charge in [0.1, 0.15) is 0 Å². The van der Waals surface area contributed by atoms with E-state index in [-0.39, 0.29) is 12.5 Å². The fourth-order valence-electron chi connectivity index (χ4n) is 1.51. The van der Waals surface area contributed by atoms with E-state index in [0.717, 1.165) is 0 Å². The number of carbonyl (C=O) groups is 1. The highest BCUT2D eigenvalue weighted by Crippen LogP contribution is 2.13. The van der Waals surface area contributed by atoms with E-state index in [4.69, 9.17) is 21.4 Å². The van der Waals surface area contributed by atoms with E-state index in [2.05, 4.69) is 6.58 Å². The summed E-state index contributed by atoms with van der Waals surface area (Å²) < 4.78 is 5.22. The van der Waals surface area contributed by atoms with Crippen molar-refractivity contribution in [2.75, 3.05) is 26.3 Å². The lowest BCUT2D eigenvalue weighted by Gasteiger charge is -2.34. The zero-order valence-electron chi connectivity index (χ0n) is 7.91. The molecule has 1 heterocycles. The molecular weight excluding hydrogens is 206 g/mol. The maximum atomic E-state index is 10.6. The van der Waals surface area contributed by atoms with E-state index in [1.807, 2.05) is 4.90 Å². The Hall–Kier alpha value is -0.580. The minimum atomic E-state index is -0.814. The fourth-order valence-corrected chi connectivity index (χ4v) is 1.66. The number of aliphatic carboxylic acids is 1. The first-order valence-corrected chi connectivity index (χ1v) is 4.84. The molecule has 14 heavy (non-hydrogen) atoms. The summed E-state index contributed by atoms with van der Waals surface area (Å²) in [5.41, 5.74) is 0. The van der Waals surface area contributed by atoms with Gasteiger partial charge in [0, 0.05) is 24.2 Å². The summed E-state index contributed by atoms with van der Waals surface area (Å²) in [6, 6.07) is -0.0863. The molecule has 1 N–H and O–H groups in total. The summed E-state index contributed by atoms with van der Waals surface area (Å²) in [5.74, 6) is -0.814. The van der Waals surface area contributed by atoms with Crippen LogP contribution in [0.15, 0.2) is 11.6 Å². The SMILES string of the molecule is C=C(Cl)CN1CCOCC1CC(=O)O. The van der Waals surface area contributed by atoms with Crippen LogP contribution < -0.4 is 0 Å². The van der Waals surface area contributed by atoms with Crippen LogP contribution in [0.2, 0.25) is 0 Å². The summed E-state index contributed by atoms with van der Waals surface area (Å²) in [6.45, 7) is 5.92. The Balaban J connectivity index is 2.49. The standard InChI is InChI=1S/C9H14ClNO3/c1-7(10)5-11-2-3-14-6-8(11)4-9(12)13/h8H,1-6H2,(H,12,13). The molecule has 0 saturated carbocycles. The topological polar surface area (TPSA) is 49.8 Å². The summed E-state index contributed by atoms with van der Waals surface area (Å²) in [7, 11) is 0. The number of rotatable bonds is 4. The van der Waals surface area contributed by atoms with Crippen LogP contribution in [0.25, 0.3) is 0 Å². The van der Waals surface area contributed by atoms with Gasteiger partial charge in [0.05, 0.1) is 19.6 Å². The third-order valence-electron chi connectivity index (χ3n) is 2.13. The highest BCUT2D eigenvalue weighted by Gasteiger charge is 2.25. The first-order valence-electron chi connectivity index (χ1n) is 4.46. The quantitative estimate of drug-likeness (QED) is 0.764. The maximum absolute atomic E-state index is 10.6. The van der Waals surface area contributed by atoms with Gasteiger partial charge in [0.15, 0.2) is 0 Å². The van der Waals surface area contributed by atoms with Gasteiger partial charge >= 0.3 is 5.97 Å². The average molecular weight is 220 g/mol.